The van der Waals surface area contributed by atoms with E-state index in [9.17, 15) is 9.59 Å². The maximum absolute atomic E-state index is 12.3. The van der Waals surface area contributed by atoms with E-state index in [2.05, 4.69) is 20.4 Å². The number of aryl methyl sites for hydroxylation is 1. The maximum Gasteiger partial charge on any atom is 0.277 e. The first-order valence-electron chi connectivity index (χ1n) is 7.83. The molecule has 2 heterocycles. The molecular weight excluding hydrogens is 306 g/mol. The van der Waals surface area contributed by atoms with E-state index in [0.29, 0.717) is 16.9 Å². The minimum atomic E-state index is -0.294. The predicted molar refractivity (Wildman–Crippen MR) is 90.5 cm³/mol. The molecule has 124 valence electrons. The van der Waals surface area contributed by atoms with Crippen molar-refractivity contribution in [1.29, 1.82) is 0 Å². The van der Waals surface area contributed by atoms with Gasteiger partial charge in [0.25, 0.3) is 5.56 Å². The third kappa shape index (κ3) is 3.19. The number of fused-ring (bicyclic) bond motifs is 1. The summed E-state index contributed by atoms with van der Waals surface area (Å²) >= 11 is 0. The van der Waals surface area contributed by atoms with Crippen molar-refractivity contribution in [2.24, 2.45) is 7.05 Å². The van der Waals surface area contributed by atoms with Gasteiger partial charge in [-0.1, -0.05) is 37.3 Å². The summed E-state index contributed by atoms with van der Waals surface area (Å²) in [6.45, 7) is 2.01. The van der Waals surface area contributed by atoms with Crippen molar-refractivity contribution >= 4 is 16.9 Å². The summed E-state index contributed by atoms with van der Waals surface area (Å²) in [5.74, 6) is 0.151. The van der Waals surface area contributed by atoms with E-state index < -0.39 is 0 Å². The highest BCUT2D eigenvalue weighted by Crippen LogP contribution is 2.16. The molecule has 0 aliphatic carbocycles. The van der Waals surface area contributed by atoms with Gasteiger partial charge in [-0.3, -0.25) is 14.3 Å². The fraction of sp³-hybridized carbons (Fsp3) is 0.294. The number of H-pyrrole nitrogens is 1. The first kappa shape index (κ1) is 15.9. The third-order valence-corrected chi connectivity index (χ3v) is 3.92. The average Bonchev–Trinajstić information content (AvgIpc) is 2.95. The van der Waals surface area contributed by atoms with E-state index in [0.717, 1.165) is 12.0 Å². The topological polar surface area (TPSA) is 92.7 Å². The summed E-state index contributed by atoms with van der Waals surface area (Å²) in [7, 11) is 1.68. The molecule has 1 aromatic carbocycles. The second-order valence-corrected chi connectivity index (χ2v) is 5.63. The van der Waals surface area contributed by atoms with Gasteiger partial charge in [-0.15, -0.1) is 0 Å². The molecule has 0 saturated carbocycles. The molecule has 0 bridgehead atoms. The molecule has 1 atom stereocenters. The minimum absolute atomic E-state index is 0.0173. The maximum atomic E-state index is 12.3. The van der Waals surface area contributed by atoms with Crippen LogP contribution >= 0.6 is 0 Å². The molecule has 2 aromatic heterocycles. The molecule has 7 nitrogen and oxygen atoms in total. The SMILES string of the molecule is CCC(NC(=O)Cc1nc2cnn(C)c2c(=O)[nH]1)c1ccccc1. The summed E-state index contributed by atoms with van der Waals surface area (Å²) < 4.78 is 1.47. The summed E-state index contributed by atoms with van der Waals surface area (Å²) in [6.07, 6.45) is 2.32. The number of aromatic amines is 1. The first-order valence-corrected chi connectivity index (χ1v) is 7.83. The normalized spacial score (nSPS) is 12.2. The smallest absolute Gasteiger partial charge is 0.277 e. The first-order chi connectivity index (χ1) is 11.6. The number of hydrogen-bond acceptors (Lipinski definition) is 4. The number of carbonyl (C=O) groups excluding carboxylic acids is 1. The molecule has 0 saturated heterocycles. The van der Waals surface area contributed by atoms with Crippen molar-refractivity contribution in [2.45, 2.75) is 25.8 Å². The lowest BCUT2D eigenvalue weighted by atomic mass is 10.0. The highest BCUT2D eigenvalue weighted by molar-refractivity contribution is 5.79. The van der Waals surface area contributed by atoms with Gasteiger partial charge in [-0.25, -0.2) is 4.98 Å². The van der Waals surface area contributed by atoms with Crippen LogP contribution in [-0.2, 0) is 18.3 Å². The zero-order chi connectivity index (χ0) is 17.1. The molecule has 0 fully saturated rings. The van der Waals surface area contributed by atoms with Crippen LogP contribution in [0.2, 0.25) is 0 Å². The van der Waals surface area contributed by atoms with Gasteiger partial charge < -0.3 is 10.3 Å². The van der Waals surface area contributed by atoms with E-state index in [1.807, 2.05) is 37.3 Å². The molecule has 0 radical (unpaired) electrons. The van der Waals surface area contributed by atoms with Crippen LogP contribution in [0.5, 0.6) is 0 Å². The lowest BCUT2D eigenvalue weighted by Gasteiger charge is -2.17. The number of nitrogens with one attached hydrogen (secondary N) is 2. The number of aromatic nitrogens is 4. The zero-order valence-electron chi connectivity index (χ0n) is 13.6. The van der Waals surface area contributed by atoms with Crippen molar-refractivity contribution in [1.82, 2.24) is 25.1 Å². The average molecular weight is 325 g/mol. The van der Waals surface area contributed by atoms with E-state index in [-0.39, 0.29) is 23.9 Å². The van der Waals surface area contributed by atoms with Crippen LogP contribution in [0.4, 0.5) is 0 Å². The van der Waals surface area contributed by atoms with Crippen LogP contribution in [0.25, 0.3) is 11.0 Å². The summed E-state index contributed by atoms with van der Waals surface area (Å²) in [4.78, 5) is 31.3. The number of rotatable bonds is 5. The van der Waals surface area contributed by atoms with Crippen molar-refractivity contribution in [3.8, 4) is 0 Å². The molecule has 3 rings (SSSR count). The van der Waals surface area contributed by atoms with Gasteiger partial charge in [0.15, 0.2) is 5.52 Å². The number of carbonyl (C=O) groups is 1. The van der Waals surface area contributed by atoms with E-state index >= 15 is 0 Å². The van der Waals surface area contributed by atoms with Gasteiger partial charge in [-0.2, -0.15) is 5.10 Å². The van der Waals surface area contributed by atoms with Crippen molar-refractivity contribution in [3.05, 3.63) is 58.3 Å². The van der Waals surface area contributed by atoms with Crippen LogP contribution in [0.15, 0.2) is 41.3 Å². The van der Waals surface area contributed by atoms with E-state index in [4.69, 9.17) is 0 Å². The summed E-state index contributed by atoms with van der Waals surface area (Å²) in [5.41, 5.74) is 1.64. The Kier molecular flexibility index (Phi) is 4.41. The monoisotopic (exact) mass is 325 g/mol. The van der Waals surface area contributed by atoms with E-state index in [1.54, 1.807) is 7.05 Å². The number of nitrogens with zero attached hydrogens (tertiary/aromatic N) is 3. The molecule has 0 aliphatic heterocycles. The lowest BCUT2D eigenvalue weighted by molar-refractivity contribution is -0.121. The van der Waals surface area contributed by atoms with Crippen molar-refractivity contribution in [3.63, 3.8) is 0 Å². The lowest BCUT2D eigenvalue weighted by Crippen LogP contribution is -2.30. The van der Waals surface area contributed by atoms with Crippen molar-refractivity contribution < 1.29 is 4.79 Å². The van der Waals surface area contributed by atoms with Gasteiger partial charge in [-0.05, 0) is 12.0 Å². The summed E-state index contributed by atoms with van der Waals surface area (Å²) in [5, 5.41) is 6.99. The van der Waals surface area contributed by atoms with Gasteiger partial charge in [0.05, 0.1) is 18.7 Å². The number of amides is 1. The van der Waals surface area contributed by atoms with Crippen molar-refractivity contribution in [2.75, 3.05) is 0 Å². The van der Waals surface area contributed by atoms with Crippen LogP contribution in [0, 0.1) is 0 Å². The fourth-order valence-corrected chi connectivity index (χ4v) is 2.72. The van der Waals surface area contributed by atoms with Crippen LogP contribution in [0.3, 0.4) is 0 Å². The minimum Gasteiger partial charge on any atom is -0.349 e. The Morgan fingerprint density at radius 1 is 1.33 bits per heavy atom. The van der Waals surface area contributed by atoms with Crippen LogP contribution < -0.4 is 10.9 Å². The second-order valence-electron chi connectivity index (χ2n) is 5.63. The van der Waals surface area contributed by atoms with Crippen LogP contribution in [-0.4, -0.2) is 25.7 Å². The standard InChI is InChI=1S/C17H19N5O2/c1-3-12(11-7-5-4-6-8-11)20-15(23)9-14-19-13-10-18-22(2)16(13)17(24)21-14/h4-8,10,12H,3,9H2,1-2H3,(H,20,23)(H,19,21,24). The molecular formula is C17H19N5O2. The molecule has 2 N–H and O–H groups in total. The van der Waals surface area contributed by atoms with Gasteiger partial charge >= 0.3 is 0 Å². The molecule has 24 heavy (non-hydrogen) atoms. The molecule has 0 spiro atoms. The number of hydrogen-bond donors (Lipinski definition) is 2. The van der Waals surface area contributed by atoms with Gasteiger partial charge in [0.1, 0.15) is 11.3 Å². The summed E-state index contributed by atoms with van der Waals surface area (Å²) in [6, 6.07) is 9.73. The molecule has 7 heteroatoms. The number of benzene rings is 1. The quantitative estimate of drug-likeness (QED) is 0.743. The highest BCUT2D eigenvalue weighted by Gasteiger charge is 2.15. The Morgan fingerprint density at radius 2 is 2.08 bits per heavy atom. The third-order valence-electron chi connectivity index (χ3n) is 3.92. The van der Waals surface area contributed by atoms with E-state index in [1.165, 1.54) is 10.9 Å². The van der Waals surface area contributed by atoms with Gasteiger partial charge in [0.2, 0.25) is 5.91 Å². The molecule has 1 amide bonds. The Labute approximate surface area is 138 Å². The largest absolute Gasteiger partial charge is 0.349 e. The predicted octanol–water partition coefficient (Wildman–Crippen LogP) is 1.47. The Bertz CT molecular complexity index is 914. The molecule has 3 aromatic rings. The Hall–Kier alpha value is -2.96. The van der Waals surface area contributed by atoms with Gasteiger partial charge in [0, 0.05) is 7.05 Å². The second kappa shape index (κ2) is 6.66. The zero-order valence-corrected chi connectivity index (χ0v) is 13.6. The molecule has 0 aliphatic rings. The Balaban J connectivity index is 1.76. The fourth-order valence-electron chi connectivity index (χ4n) is 2.72. The molecule has 1 unspecified atom stereocenters. The Morgan fingerprint density at radius 3 is 2.79 bits per heavy atom. The highest BCUT2D eigenvalue weighted by atomic mass is 16.1. The van der Waals surface area contributed by atoms with Crippen LogP contribution in [0.1, 0.15) is 30.8 Å².